The Morgan fingerprint density at radius 2 is 1.96 bits per heavy atom. The lowest BCUT2D eigenvalue weighted by molar-refractivity contribution is 0.183. The fourth-order valence-electron chi connectivity index (χ4n) is 2.87. The molecule has 1 aromatic heterocycles. The predicted molar refractivity (Wildman–Crippen MR) is 98.5 cm³/mol. The lowest BCUT2D eigenvalue weighted by Crippen LogP contribution is -2.48. The van der Waals surface area contributed by atoms with Crippen molar-refractivity contribution in [2.45, 2.75) is 11.4 Å². The molecule has 2 aromatic rings. The number of nitrogens with two attached hydrogens (primary N) is 1. The molecule has 1 fully saturated rings. The van der Waals surface area contributed by atoms with E-state index in [0.29, 0.717) is 42.7 Å². The van der Waals surface area contributed by atoms with Gasteiger partial charge in [-0.2, -0.15) is 13.0 Å². The van der Waals surface area contributed by atoms with Gasteiger partial charge in [0.15, 0.2) is 5.13 Å². The van der Waals surface area contributed by atoms with Gasteiger partial charge in [-0.15, -0.1) is 11.3 Å². The van der Waals surface area contributed by atoms with Gasteiger partial charge in [0, 0.05) is 43.8 Å². The second kappa shape index (κ2) is 6.57. The van der Waals surface area contributed by atoms with Gasteiger partial charge in [-0.3, -0.25) is 4.90 Å². The second-order valence-electron chi connectivity index (χ2n) is 5.73. The zero-order valence-corrected chi connectivity index (χ0v) is 15.6. The fourth-order valence-corrected chi connectivity index (χ4v) is 5.77. The Hall–Kier alpha value is -1.66. The summed E-state index contributed by atoms with van der Waals surface area (Å²) in [4.78, 5) is 7.59. The summed E-state index contributed by atoms with van der Waals surface area (Å²) in [5.41, 5.74) is 6.73. The SMILES string of the molecule is Nc1ncc(CN2CCN(S(=O)(=O)c3cccc4c3N=S=N4)CC2)s1. The number of aromatic nitrogens is 1. The first-order valence-electron chi connectivity index (χ1n) is 7.68. The van der Waals surface area contributed by atoms with Gasteiger partial charge in [0.2, 0.25) is 10.0 Å². The highest BCUT2D eigenvalue weighted by atomic mass is 32.2. The van der Waals surface area contributed by atoms with E-state index in [1.807, 2.05) is 0 Å². The van der Waals surface area contributed by atoms with E-state index in [9.17, 15) is 8.42 Å². The minimum Gasteiger partial charge on any atom is -0.375 e. The fraction of sp³-hybridized carbons (Fsp3) is 0.357. The van der Waals surface area contributed by atoms with E-state index in [1.54, 1.807) is 24.4 Å². The number of sulfonamides is 1. The number of anilines is 1. The summed E-state index contributed by atoms with van der Waals surface area (Å²) in [7, 11) is -3.57. The van der Waals surface area contributed by atoms with Crippen molar-refractivity contribution in [1.82, 2.24) is 14.2 Å². The van der Waals surface area contributed by atoms with Crippen molar-refractivity contribution >= 4 is 49.2 Å². The Labute approximate surface area is 153 Å². The van der Waals surface area contributed by atoms with Crippen LogP contribution in [0.4, 0.5) is 16.5 Å². The van der Waals surface area contributed by atoms with Gasteiger partial charge in [-0.25, -0.2) is 13.4 Å². The topological polar surface area (TPSA) is 104 Å². The molecule has 0 spiro atoms. The van der Waals surface area contributed by atoms with Crippen LogP contribution < -0.4 is 5.73 Å². The van der Waals surface area contributed by atoms with E-state index in [0.717, 1.165) is 22.8 Å². The molecular formula is C14H16N6O2S3. The predicted octanol–water partition coefficient (Wildman–Crippen LogP) is 1.96. The molecule has 0 aliphatic carbocycles. The molecule has 1 aromatic carbocycles. The number of piperazine rings is 1. The van der Waals surface area contributed by atoms with Crippen molar-refractivity contribution in [3.8, 4) is 0 Å². The molecule has 8 nitrogen and oxygen atoms in total. The number of rotatable bonds is 4. The van der Waals surface area contributed by atoms with Crippen LogP contribution in [0.2, 0.25) is 0 Å². The summed E-state index contributed by atoms with van der Waals surface area (Å²) in [5.74, 6) is 0. The Morgan fingerprint density at radius 3 is 2.68 bits per heavy atom. The summed E-state index contributed by atoms with van der Waals surface area (Å²) in [6.45, 7) is 2.98. The van der Waals surface area contributed by atoms with Gasteiger partial charge in [0.1, 0.15) is 16.3 Å². The molecule has 4 rings (SSSR count). The van der Waals surface area contributed by atoms with Gasteiger partial charge >= 0.3 is 0 Å². The average molecular weight is 397 g/mol. The number of hydrogen-bond acceptors (Lipinski definition) is 8. The monoisotopic (exact) mass is 396 g/mol. The third kappa shape index (κ3) is 3.25. The highest BCUT2D eigenvalue weighted by Gasteiger charge is 2.31. The summed E-state index contributed by atoms with van der Waals surface area (Å²) in [5, 5.41) is 0.557. The molecule has 0 amide bonds. The summed E-state index contributed by atoms with van der Waals surface area (Å²) in [6.07, 6.45) is 1.78. The van der Waals surface area contributed by atoms with Crippen LogP contribution in [0, 0.1) is 0 Å². The number of benzene rings is 1. The van der Waals surface area contributed by atoms with Crippen molar-refractivity contribution < 1.29 is 8.42 Å². The van der Waals surface area contributed by atoms with Crippen LogP contribution in [0.15, 0.2) is 38.0 Å². The van der Waals surface area contributed by atoms with E-state index in [2.05, 4.69) is 18.6 Å². The van der Waals surface area contributed by atoms with Crippen molar-refractivity contribution in [3.05, 3.63) is 29.3 Å². The molecule has 2 aliphatic rings. The second-order valence-corrected chi connectivity index (χ2v) is 9.31. The lowest BCUT2D eigenvalue weighted by Gasteiger charge is -2.33. The van der Waals surface area contributed by atoms with Gasteiger partial charge in [0.05, 0.1) is 11.4 Å². The first-order valence-corrected chi connectivity index (χ1v) is 10.7. The molecule has 132 valence electrons. The van der Waals surface area contributed by atoms with E-state index >= 15 is 0 Å². The standard InChI is InChI=1S/C14H16N6O2S3/c15-14-16-8-10(23-14)9-19-4-6-20(7-5-19)25(21,22)12-3-1-2-11-13(12)18-24-17-11/h1-3,8H,4-7,9H2,(H2,15,16). The maximum Gasteiger partial charge on any atom is 0.245 e. The zero-order valence-electron chi connectivity index (χ0n) is 13.2. The number of thiazole rings is 1. The van der Waals surface area contributed by atoms with E-state index in [4.69, 9.17) is 5.73 Å². The number of fused-ring (bicyclic) bond motifs is 1. The molecule has 0 unspecified atom stereocenters. The molecule has 2 N–H and O–H groups in total. The smallest absolute Gasteiger partial charge is 0.245 e. The molecule has 0 saturated carbocycles. The highest BCUT2D eigenvalue weighted by Crippen LogP contribution is 2.38. The van der Waals surface area contributed by atoms with Gasteiger partial charge in [0.25, 0.3) is 0 Å². The number of nitrogens with zero attached hydrogens (tertiary/aromatic N) is 5. The first kappa shape index (κ1) is 16.8. The summed E-state index contributed by atoms with van der Waals surface area (Å²) < 4.78 is 35.8. The van der Waals surface area contributed by atoms with Crippen LogP contribution in [-0.2, 0) is 27.9 Å². The Kier molecular flexibility index (Phi) is 4.41. The quantitative estimate of drug-likeness (QED) is 0.726. The zero-order chi connectivity index (χ0) is 17.4. The Morgan fingerprint density at radius 1 is 1.16 bits per heavy atom. The Balaban J connectivity index is 1.47. The van der Waals surface area contributed by atoms with Crippen molar-refractivity contribution in [2.75, 3.05) is 31.9 Å². The molecule has 0 radical (unpaired) electrons. The Bertz CT molecular complexity index is 972. The normalized spacial score (nSPS) is 18.2. The third-order valence-electron chi connectivity index (χ3n) is 4.15. The molecule has 25 heavy (non-hydrogen) atoms. The maximum atomic E-state index is 13.0. The van der Waals surface area contributed by atoms with Crippen LogP contribution in [0.25, 0.3) is 0 Å². The van der Waals surface area contributed by atoms with Crippen molar-refractivity contribution in [3.63, 3.8) is 0 Å². The van der Waals surface area contributed by atoms with Crippen LogP contribution in [0.1, 0.15) is 4.88 Å². The van der Waals surface area contributed by atoms with Gasteiger partial charge in [-0.05, 0) is 12.1 Å². The van der Waals surface area contributed by atoms with E-state index < -0.39 is 10.0 Å². The average Bonchev–Trinajstić information content (AvgIpc) is 3.23. The third-order valence-corrected chi connectivity index (χ3v) is 7.43. The first-order chi connectivity index (χ1) is 12.0. The summed E-state index contributed by atoms with van der Waals surface area (Å²) in [6, 6.07) is 5.09. The van der Waals surface area contributed by atoms with E-state index in [1.165, 1.54) is 15.6 Å². The van der Waals surface area contributed by atoms with Crippen LogP contribution >= 0.6 is 11.3 Å². The summed E-state index contributed by atoms with van der Waals surface area (Å²) >= 11 is 2.49. The van der Waals surface area contributed by atoms with Crippen molar-refractivity contribution in [1.29, 1.82) is 0 Å². The van der Waals surface area contributed by atoms with Crippen LogP contribution in [-0.4, -0.2) is 48.8 Å². The lowest BCUT2D eigenvalue weighted by atomic mass is 10.3. The van der Waals surface area contributed by atoms with Crippen molar-refractivity contribution in [2.24, 2.45) is 8.73 Å². The molecule has 2 aliphatic heterocycles. The van der Waals surface area contributed by atoms with Crippen LogP contribution in [0.5, 0.6) is 0 Å². The van der Waals surface area contributed by atoms with E-state index in [-0.39, 0.29) is 4.90 Å². The number of hydrogen-bond donors (Lipinski definition) is 1. The minimum absolute atomic E-state index is 0.238. The molecule has 0 atom stereocenters. The molecule has 1 saturated heterocycles. The van der Waals surface area contributed by atoms with Crippen LogP contribution in [0.3, 0.4) is 0 Å². The van der Waals surface area contributed by atoms with Gasteiger partial charge < -0.3 is 5.73 Å². The molecular weight excluding hydrogens is 380 g/mol. The van der Waals surface area contributed by atoms with Gasteiger partial charge in [-0.1, -0.05) is 6.07 Å². The highest BCUT2D eigenvalue weighted by molar-refractivity contribution is 7.89. The molecule has 11 heteroatoms. The number of nitrogen functional groups attached to an aromatic ring is 1. The maximum absolute atomic E-state index is 13.0. The molecule has 3 heterocycles. The molecule has 0 bridgehead atoms. The minimum atomic E-state index is -3.57. The largest absolute Gasteiger partial charge is 0.375 e.